The van der Waals surface area contributed by atoms with Gasteiger partial charge in [-0.25, -0.2) is 0 Å². The number of carbonyl (C=O) groups excluding carboxylic acids is 2. The van der Waals surface area contributed by atoms with Gasteiger partial charge in [-0.05, 0) is 55.2 Å². The van der Waals surface area contributed by atoms with E-state index in [1.807, 2.05) is 29.2 Å². The molecule has 40 heavy (non-hydrogen) atoms. The Hall–Kier alpha value is -3.78. The average Bonchev–Trinajstić information content (AvgIpc) is 3.65. The van der Waals surface area contributed by atoms with E-state index in [1.165, 1.54) is 12.0 Å². The molecule has 1 aliphatic heterocycles. The molecule has 0 bridgehead atoms. The highest BCUT2D eigenvalue weighted by Gasteiger charge is 2.29. The summed E-state index contributed by atoms with van der Waals surface area (Å²) in [5.74, 6) is 0.960. The van der Waals surface area contributed by atoms with Crippen LogP contribution in [0.2, 0.25) is 0 Å². The zero-order valence-corrected chi connectivity index (χ0v) is 23.3. The predicted molar refractivity (Wildman–Crippen MR) is 152 cm³/mol. The van der Waals surface area contributed by atoms with Gasteiger partial charge in [-0.2, -0.15) is 0 Å². The molecule has 1 fully saturated rings. The summed E-state index contributed by atoms with van der Waals surface area (Å²) in [4.78, 5) is 31.4. The van der Waals surface area contributed by atoms with Crippen molar-refractivity contribution in [2.24, 2.45) is 0 Å². The molecule has 0 atom stereocenters. The number of fused-ring (bicyclic) bond motifs is 1. The van der Waals surface area contributed by atoms with Crippen LogP contribution in [0.4, 0.5) is 0 Å². The van der Waals surface area contributed by atoms with Crippen LogP contribution in [0, 0.1) is 0 Å². The first-order valence-corrected chi connectivity index (χ1v) is 14.3. The van der Waals surface area contributed by atoms with E-state index >= 15 is 0 Å². The topological polar surface area (TPSA) is 73.2 Å². The van der Waals surface area contributed by atoms with Crippen LogP contribution in [0.25, 0.3) is 0 Å². The summed E-state index contributed by atoms with van der Waals surface area (Å²) < 4.78 is 18.4. The Balaban J connectivity index is 1.35. The maximum atomic E-state index is 14.1. The summed E-state index contributed by atoms with van der Waals surface area (Å²) in [5, 5.41) is 0. The SMILES string of the molecule is COCCCN(CC(=O)N(Cc1cccn1Cc1ccccc1)C1CCCCC1)C(=O)c1ccc2c(c1)OCO2. The van der Waals surface area contributed by atoms with Gasteiger partial charge in [-0.15, -0.1) is 0 Å². The molecule has 2 aromatic carbocycles. The van der Waals surface area contributed by atoms with Crippen molar-refractivity contribution in [1.82, 2.24) is 14.4 Å². The number of aromatic nitrogens is 1. The summed E-state index contributed by atoms with van der Waals surface area (Å²) in [5.41, 5.74) is 2.79. The van der Waals surface area contributed by atoms with Crippen molar-refractivity contribution in [3.63, 3.8) is 0 Å². The highest BCUT2D eigenvalue weighted by atomic mass is 16.7. The van der Waals surface area contributed by atoms with Crippen molar-refractivity contribution in [3.05, 3.63) is 83.7 Å². The monoisotopic (exact) mass is 545 g/mol. The van der Waals surface area contributed by atoms with Crippen molar-refractivity contribution in [2.75, 3.05) is 33.6 Å². The maximum Gasteiger partial charge on any atom is 0.254 e. The van der Waals surface area contributed by atoms with Gasteiger partial charge in [0.05, 0.1) is 6.54 Å². The molecule has 8 heteroatoms. The summed E-state index contributed by atoms with van der Waals surface area (Å²) in [7, 11) is 1.64. The van der Waals surface area contributed by atoms with Gasteiger partial charge < -0.3 is 28.6 Å². The number of nitrogens with zero attached hydrogens (tertiary/aromatic N) is 3. The van der Waals surface area contributed by atoms with Crippen molar-refractivity contribution >= 4 is 11.8 Å². The number of hydrogen-bond acceptors (Lipinski definition) is 5. The molecule has 3 aromatic rings. The Morgan fingerprint density at radius 1 is 0.975 bits per heavy atom. The minimum Gasteiger partial charge on any atom is -0.454 e. The average molecular weight is 546 g/mol. The standard InChI is InChI=1S/C32H39N3O5/c1-38-19-9-18-34(32(37)26-15-16-29-30(20-26)40-24-39-29)23-31(36)35(27-12-6-3-7-13-27)22-28-14-8-17-33(28)21-25-10-4-2-5-11-25/h2,4-5,8,10-11,14-17,20,27H,3,6-7,9,12-13,18-19,21-24H2,1H3. The molecule has 5 rings (SSSR count). The van der Waals surface area contributed by atoms with Crippen LogP contribution in [-0.4, -0.2) is 65.8 Å². The second-order valence-electron chi connectivity index (χ2n) is 10.6. The molecule has 0 unspecified atom stereocenters. The third kappa shape index (κ3) is 6.86. The fraction of sp³-hybridized carbons (Fsp3) is 0.438. The molecular weight excluding hydrogens is 506 g/mol. The Bertz CT molecular complexity index is 1270. The number of ether oxygens (including phenoxy) is 3. The second kappa shape index (κ2) is 13.5. The highest BCUT2D eigenvalue weighted by Crippen LogP contribution is 2.33. The van der Waals surface area contributed by atoms with E-state index in [4.69, 9.17) is 14.2 Å². The minimum atomic E-state index is -0.196. The Morgan fingerprint density at radius 2 is 1.77 bits per heavy atom. The summed E-state index contributed by atoms with van der Waals surface area (Å²) >= 11 is 0. The Labute approximate surface area is 236 Å². The first kappa shape index (κ1) is 27.8. The number of amides is 2. The molecule has 2 amide bonds. The number of rotatable bonds is 12. The normalized spacial score (nSPS) is 14.7. The maximum absolute atomic E-state index is 14.1. The van der Waals surface area contributed by atoms with E-state index in [-0.39, 0.29) is 31.2 Å². The van der Waals surface area contributed by atoms with E-state index in [0.717, 1.165) is 37.9 Å². The molecular formula is C32H39N3O5. The Kier molecular flexibility index (Phi) is 9.39. The first-order chi connectivity index (χ1) is 19.6. The third-order valence-corrected chi connectivity index (χ3v) is 7.80. The zero-order chi connectivity index (χ0) is 27.7. The Morgan fingerprint density at radius 3 is 2.58 bits per heavy atom. The summed E-state index contributed by atoms with van der Waals surface area (Å²) in [6, 6.07) is 19.8. The van der Waals surface area contributed by atoms with E-state index in [2.05, 4.69) is 29.0 Å². The number of benzene rings is 2. The van der Waals surface area contributed by atoms with Crippen LogP contribution in [0.5, 0.6) is 11.5 Å². The molecule has 212 valence electrons. The van der Waals surface area contributed by atoms with Gasteiger partial charge in [0.2, 0.25) is 12.7 Å². The van der Waals surface area contributed by atoms with E-state index < -0.39 is 0 Å². The molecule has 0 N–H and O–H groups in total. The van der Waals surface area contributed by atoms with Crippen LogP contribution in [-0.2, 0) is 22.6 Å². The lowest BCUT2D eigenvalue weighted by Crippen LogP contribution is -2.48. The second-order valence-corrected chi connectivity index (χ2v) is 10.6. The third-order valence-electron chi connectivity index (χ3n) is 7.80. The van der Waals surface area contributed by atoms with Gasteiger partial charge in [-0.1, -0.05) is 49.6 Å². The molecule has 0 saturated heterocycles. The largest absolute Gasteiger partial charge is 0.454 e. The molecule has 2 heterocycles. The first-order valence-electron chi connectivity index (χ1n) is 14.3. The molecule has 1 aromatic heterocycles. The highest BCUT2D eigenvalue weighted by molar-refractivity contribution is 5.97. The van der Waals surface area contributed by atoms with Gasteiger partial charge >= 0.3 is 0 Å². The van der Waals surface area contributed by atoms with Crippen LogP contribution in [0.1, 0.15) is 60.1 Å². The molecule has 0 spiro atoms. The molecule has 8 nitrogen and oxygen atoms in total. The summed E-state index contributed by atoms with van der Waals surface area (Å²) in [6.07, 6.45) is 8.14. The number of carbonyl (C=O) groups is 2. The quantitative estimate of drug-likeness (QED) is 0.296. The lowest BCUT2D eigenvalue weighted by molar-refractivity contribution is -0.135. The fourth-order valence-electron chi connectivity index (χ4n) is 5.63. The summed E-state index contributed by atoms with van der Waals surface area (Å²) in [6.45, 7) is 2.38. The minimum absolute atomic E-state index is 0.0207. The van der Waals surface area contributed by atoms with Crippen LogP contribution >= 0.6 is 0 Å². The van der Waals surface area contributed by atoms with E-state index in [1.54, 1.807) is 30.2 Å². The van der Waals surface area contributed by atoms with Crippen molar-refractivity contribution < 1.29 is 23.8 Å². The van der Waals surface area contributed by atoms with Gasteiger partial charge in [0.25, 0.3) is 5.91 Å². The number of methoxy groups -OCH3 is 1. The van der Waals surface area contributed by atoms with Crippen LogP contribution in [0.15, 0.2) is 66.9 Å². The van der Waals surface area contributed by atoms with Gasteiger partial charge in [-0.3, -0.25) is 9.59 Å². The zero-order valence-electron chi connectivity index (χ0n) is 23.3. The van der Waals surface area contributed by atoms with Gasteiger partial charge in [0.1, 0.15) is 6.54 Å². The van der Waals surface area contributed by atoms with E-state index in [9.17, 15) is 9.59 Å². The van der Waals surface area contributed by atoms with Crippen LogP contribution in [0.3, 0.4) is 0 Å². The lowest BCUT2D eigenvalue weighted by atomic mass is 9.94. The van der Waals surface area contributed by atoms with Crippen molar-refractivity contribution in [1.29, 1.82) is 0 Å². The lowest BCUT2D eigenvalue weighted by Gasteiger charge is -2.36. The smallest absolute Gasteiger partial charge is 0.254 e. The van der Waals surface area contributed by atoms with Gasteiger partial charge in [0, 0.05) is 50.3 Å². The molecule has 1 saturated carbocycles. The fourth-order valence-corrected chi connectivity index (χ4v) is 5.63. The van der Waals surface area contributed by atoms with Crippen LogP contribution < -0.4 is 9.47 Å². The van der Waals surface area contributed by atoms with Crippen molar-refractivity contribution in [3.8, 4) is 11.5 Å². The van der Waals surface area contributed by atoms with Gasteiger partial charge in [0.15, 0.2) is 11.5 Å². The predicted octanol–water partition coefficient (Wildman–Crippen LogP) is 5.11. The van der Waals surface area contributed by atoms with Crippen molar-refractivity contribution in [2.45, 2.75) is 57.7 Å². The molecule has 1 aliphatic carbocycles. The van der Waals surface area contributed by atoms with E-state index in [0.29, 0.717) is 43.2 Å². The molecule has 2 aliphatic rings. The number of hydrogen-bond donors (Lipinski definition) is 0. The molecule has 0 radical (unpaired) electrons.